The van der Waals surface area contributed by atoms with Crippen LogP contribution in [-0.2, 0) is 6.18 Å². The molecule has 17 heavy (non-hydrogen) atoms. The summed E-state index contributed by atoms with van der Waals surface area (Å²) in [5, 5.41) is 9.65. The molecule has 1 heterocycles. The van der Waals surface area contributed by atoms with Crippen molar-refractivity contribution in [1.82, 2.24) is 9.55 Å². The van der Waals surface area contributed by atoms with E-state index in [4.69, 9.17) is 0 Å². The van der Waals surface area contributed by atoms with E-state index < -0.39 is 18.0 Å². The van der Waals surface area contributed by atoms with Gasteiger partial charge in [-0.15, -0.1) is 0 Å². The zero-order valence-electron chi connectivity index (χ0n) is 9.28. The van der Waals surface area contributed by atoms with E-state index in [2.05, 4.69) is 4.98 Å². The number of phenolic OH excluding ortho intramolecular Hbond substituents is 1. The maximum absolute atomic E-state index is 12.8. The van der Waals surface area contributed by atoms with Gasteiger partial charge >= 0.3 is 6.18 Å². The molecule has 0 bridgehead atoms. The summed E-state index contributed by atoms with van der Waals surface area (Å²) in [4.78, 5) is 3.54. The topological polar surface area (TPSA) is 38.0 Å². The molecule has 1 N–H and O–H groups in total. The minimum atomic E-state index is -4.53. The lowest BCUT2D eigenvalue weighted by Gasteiger charge is -2.14. The molecule has 92 valence electrons. The minimum Gasteiger partial charge on any atom is -0.506 e. The first-order valence-electron chi connectivity index (χ1n) is 5.09. The van der Waals surface area contributed by atoms with Crippen LogP contribution in [0.4, 0.5) is 13.2 Å². The van der Waals surface area contributed by atoms with Gasteiger partial charge in [0.25, 0.3) is 0 Å². The molecule has 0 atom stereocenters. The lowest BCUT2D eigenvalue weighted by molar-refractivity contribution is -0.147. The predicted octanol–water partition coefficient (Wildman–Crippen LogP) is 3.34. The molecule has 0 spiro atoms. The van der Waals surface area contributed by atoms with Gasteiger partial charge in [0.1, 0.15) is 11.3 Å². The van der Waals surface area contributed by atoms with Crippen LogP contribution in [0.2, 0.25) is 0 Å². The third kappa shape index (κ3) is 1.83. The minimum absolute atomic E-state index is 0.120. The fraction of sp³-hybridized carbons (Fsp3) is 0.364. The third-order valence-corrected chi connectivity index (χ3v) is 2.46. The van der Waals surface area contributed by atoms with E-state index in [1.165, 1.54) is 18.2 Å². The Labute approximate surface area is 95.5 Å². The summed E-state index contributed by atoms with van der Waals surface area (Å²) in [7, 11) is 0. The number of phenols is 1. The Morgan fingerprint density at radius 1 is 1.29 bits per heavy atom. The second-order valence-electron chi connectivity index (χ2n) is 4.04. The van der Waals surface area contributed by atoms with Crippen molar-refractivity contribution in [2.24, 2.45) is 0 Å². The van der Waals surface area contributed by atoms with E-state index in [9.17, 15) is 18.3 Å². The van der Waals surface area contributed by atoms with Gasteiger partial charge in [0.05, 0.1) is 5.52 Å². The smallest absolute Gasteiger partial charge is 0.449 e. The SMILES string of the molecule is CC(C)n1c(C(F)(F)F)nc2cccc(O)c21. The zero-order chi connectivity index (χ0) is 12.8. The number of imidazole rings is 1. The van der Waals surface area contributed by atoms with E-state index in [0.717, 1.165) is 4.57 Å². The standard InChI is InChI=1S/C11H11F3N2O/c1-6(2)16-9-7(4-3-5-8(9)17)15-10(16)11(12,13)14/h3-6,17H,1-2H3. The fourth-order valence-electron chi connectivity index (χ4n) is 1.83. The number of halogens is 3. The Balaban J connectivity index is 2.86. The highest BCUT2D eigenvalue weighted by Crippen LogP contribution is 2.36. The number of alkyl halides is 3. The maximum atomic E-state index is 12.8. The molecule has 0 amide bonds. The number of aromatic hydroxyl groups is 1. The van der Waals surface area contributed by atoms with Crippen LogP contribution in [0, 0.1) is 0 Å². The summed E-state index contributed by atoms with van der Waals surface area (Å²) >= 11 is 0. The van der Waals surface area contributed by atoms with Gasteiger partial charge in [0.2, 0.25) is 5.82 Å². The second-order valence-corrected chi connectivity index (χ2v) is 4.04. The number of para-hydroxylation sites is 1. The van der Waals surface area contributed by atoms with Gasteiger partial charge in [0.15, 0.2) is 0 Å². The number of hydrogen-bond donors (Lipinski definition) is 1. The molecule has 0 unspecified atom stereocenters. The van der Waals surface area contributed by atoms with Gasteiger partial charge in [0, 0.05) is 6.04 Å². The van der Waals surface area contributed by atoms with Crippen LogP contribution < -0.4 is 0 Å². The average Bonchev–Trinajstić information content (AvgIpc) is 2.57. The molecule has 0 fully saturated rings. The van der Waals surface area contributed by atoms with Crippen LogP contribution in [0.25, 0.3) is 11.0 Å². The molecule has 1 aromatic carbocycles. The Morgan fingerprint density at radius 2 is 1.94 bits per heavy atom. The van der Waals surface area contributed by atoms with Gasteiger partial charge in [-0.2, -0.15) is 13.2 Å². The number of rotatable bonds is 1. The Kier molecular flexibility index (Phi) is 2.52. The normalized spacial score (nSPS) is 12.6. The largest absolute Gasteiger partial charge is 0.506 e. The molecule has 3 nitrogen and oxygen atoms in total. The number of hydrogen-bond acceptors (Lipinski definition) is 2. The van der Waals surface area contributed by atoms with Gasteiger partial charge < -0.3 is 9.67 Å². The van der Waals surface area contributed by atoms with Gasteiger partial charge in [-0.1, -0.05) is 6.07 Å². The summed E-state index contributed by atoms with van der Waals surface area (Å²) in [6.45, 7) is 3.23. The monoisotopic (exact) mass is 244 g/mol. The lowest BCUT2D eigenvalue weighted by Crippen LogP contribution is -2.16. The van der Waals surface area contributed by atoms with Gasteiger partial charge in [-0.25, -0.2) is 4.98 Å². The van der Waals surface area contributed by atoms with Crippen molar-refractivity contribution in [2.45, 2.75) is 26.1 Å². The van der Waals surface area contributed by atoms with Crippen LogP contribution in [-0.4, -0.2) is 14.7 Å². The molecular formula is C11H11F3N2O. The fourth-order valence-corrected chi connectivity index (χ4v) is 1.83. The van der Waals surface area contributed by atoms with Crippen molar-refractivity contribution in [3.8, 4) is 5.75 Å². The summed E-state index contributed by atoms with van der Waals surface area (Å²) in [5.74, 6) is -1.18. The first-order chi connectivity index (χ1) is 7.82. The molecule has 2 aromatic rings. The van der Waals surface area contributed by atoms with Crippen LogP contribution in [0.1, 0.15) is 25.7 Å². The van der Waals surface area contributed by atoms with Crippen molar-refractivity contribution in [3.05, 3.63) is 24.0 Å². The molecule has 6 heteroatoms. The van der Waals surface area contributed by atoms with Crippen molar-refractivity contribution in [1.29, 1.82) is 0 Å². The summed E-state index contributed by atoms with van der Waals surface area (Å²) in [5.41, 5.74) is 0.265. The summed E-state index contributed by atoms with van der Waals surface area (Å²) < 4.78 is 39.4. The number of nitrogens with zero attached hydrogens (tertiary/aromatic N) is 2. The molecule has 0 aliphatic rings. The summed E-state index contributed by atoms with van der Waals surface area (Å²) in [6.07, 6.45) is -4.53. The molecule has 0 aliphatic heterocycles. The van der Waals surface area contributed by atoms with Crippen molar-refractivity contribution >= 4 is 11.0 Å². The third-order valence-electron chi connectivity index (χ3n) is 2.46. The number of aromatic nitrogens is 2. The van der Waals surface area contributed by atoms with Crippen LogP contribution >= 0.6 is 0 Å². The van der Waals surface area contributed by atoms with Gasteiger partial charge in [-0.05, 0) is 26.0 Å². The van der Waals surface area contributed by atoms with Crippen LogP contribution in [0.3, 0.4) is 0 Å². The van der Waals surface area contributed by atoms with E-state index in [1.807, 2.05) is 0 Å². The highest BCUT2D eigenvalue weighted by atomic mass is 19.4. The number of benzene rings is 1. The van der Waals surface area contributed by atoms with E-state index in [1.54, 1.807) is 13.8 Å². The molecule has 0 saturated carbocycles. The van der Waals surface area contributed by atoms with Crippen molar-refractivity contribution < 1.29 is 18.3 Å². The highest BCUT2D eigenvalue weighted by molar-refractivity contribution is 5.82. The molecular weight excluding hydrogens is 233 g/mol. The Morgan fingerprint density at radius 3 is 2.47 bits per heavy atom. The lowest BCUT2D eigenvalue weighted by atomic mass is 10.2. The average molecular weight is 244 g/mol. The molecule has 0 saturated heterocycles. The molecule has 1 aromatic heterocycles. The Bertz CT molecular complexity index is 558. The maximum Gasteiger partial charge on any atom is 0.449 e. The first kappa shape index (κ1) is 11.8. The van der Waals surface area contributed by atoms with E-state index in [-0.39, 0.29) is 16.8 Å². The summed E-state index contributed by atoms with van der Waals surface area (Å²) in [6, 6.07) is 3.83. The molecule has 0 aliphatic carbocycles. The van der Waals surface area contributed by atoms with Gasteiger partial charge in [-0.3, -0.25) is 0 Å². The van der Waals surface area contributed by atoms with E-state index >= 15 is 0 Å². The first-order valence-corrected chi connectivity index (χ1v) is 5.09. The molecule has 2 rings (SSSR count). The van der Waals surface area contributed by atoms with Crippen LogP contribution in [0.5, 0.6) is 5.75 Å². The highest BCUT2D eigenvalue weighted by Gasteiger charge is 2.38. The van der Waals surface area contributed by atoms with Crippen molar-refractivity contribution in [3.63, 3.8) is 0 Å². The van der Waals surface area contributed by atoms with Crippen molar-refractivity contribution in [2.75, 3.05) is 0 Å². The molecule has 0 radical (unpaired) electrons. The van der Waals surface area contributed by atoms with E-state index in [0.29, 0.717) is 0 Å². The number of fused-ring (bicyclic) bond motifs is 1. The Hall–Kier alpha value is -1.72. The predicted molar refractivity (Wildman–Crippen MR) is 56.8 cm³/mol. The second kappa shape index (κ2) is 3.65. The van der Waals surface area contributed by atoms with Crippen LogP contribution in [0.15, 0.2) is 18.2 Å². The zero-order valence-corrected chi connectivity index (χ0v) is 9.28. The quantitative estimate of drug-likeness (QED) is 0.835.